The van der Waals surface area contributed by atoms with Gasteiger partial charge in [0.25, 0.3) is 5.91 Å². The van der Waals surface area contributed by atoms with E-state index in [0.717, 1.165) is 4.47 Å². The summed E-state index contributed by atoms with van der Waals surface area (Å²) in [5.74, 6) is -1.01. The number of nitrogens with zero attached hydrogens (tertiary/aromatic N) is 1. The maximum absolute atomic E-state index is 12.4. The Hall–Kier alpha value is -1.07. The fourth-order valence-corrected chi connectivity index (χ4v) is 3.38. The molecule has 0 spiro atoms. The van der Waals surface area contributed by atoms with Crippen LogP contribution in [0.1, 0.15) is 30.1 Å². The molecule has 1 atom stereocenters. The first-order valence-electron chi connectivity index (χ1n) is 6.37. The van der Waals surface area contributed by atoms with Gasteiger partial charge in [0.05, 0.1) is 5.41 Å². The van der Waals surface area contributed by atoms with E-state index in [1.165, 1.54) is 0 Å². The Labute approximate surface area is 130 Å². The molecule has 1 saturated heterocycles. The first-order chi connectivity index (χ1) is 9.38. The molecule has 1 heterocycles. The Morgan fingerprint density at radius 3 is 2.65 bits per heavy atom. The van der Waals surface area contributed by atoms with Crippen LogP contribution in [-0.2, 0) is 4.79 Å². The van der Waals surface area contributed by atoms with Crippen LogP contribution in [0.4, 0.5) is 0 Å². The van der Waals surface area contributed by atoms with E-state index in [1.54, 1.807) is 23.1 Å². The third kappa shape index (κ3) is 2.83. The van der Waals surface area contributed by atoms with Crippen molar-refractivity contribution in [2.75, 3.05) is 13.1 Å². The van der Waals surface area contributed by atoms with Crippen LogP contribution in [0, 0.1) is 5.41 Å². The third-order valence-electron chi connectivity index (χ3n) is 3.88. The Balaban J connectivity index is 2.21. The summed E-state index contributed by atoms with van der Waals surface area (Å²) in [6.07, 6.45) is 1.01. The monoisotopic (exact) mass is 359 g/mol. The van der Waals surface area contributed by atoms with Crippen molar-refractivity contribution in [2.45, 2.75) is 19.8 Å². The number of rotatable bonds is 3. The quantitative estimate of drug-likeness (QED) is 0.898. The Kier molecular flexibility index (Phi) is 4.39. The number of likely N-dealkylation sites (tertiary alicyclic amines) is 1. The van der Waals surface area contributed by atoms with Gasteiger partial charge in [-0.3, -0.25) is 9.59 Å². The first-order valence-corrected chi connectivity index (χ1v) is 7.54. The minimum atomic E-state index is -0.831. The largest absolute Gasteiger partial charge is 0.481 e. The van der Waals surface area contributed by atoms with E-state index in [0.29, 0.717) is 30.0 Å². The van der Waals surface area contributed by atoms with Crippen LogP contribution in [-0.4, -0.2) is 35.0 Å². The number of carboxylic acid groups (broad SMARTS) is 1. The number of halogens is 2. The Bertz CT molecular complexity index is 543. The maximum atomic E-state index is 12.4. The fraction of sp³-hybridized carbons (Fsp3) is 0.429. The van der Waals surface area contributed by atoms with E-state index in [9.17, 15) is 14.7 Å². The highest BCUT2D eigenvalue weighted by atomic mass is 79.9. The van der Waals surface area contributed by atoms with E-state index in [-0.39, 0.29) is 12.5 Å². The van der Waals surface area contributed by atoms with Crippen LogP contribution >= 0.6 is 27.5 Å². The minimum Gasteiger partial charge on any atom is -0.481 e. The maximum Gasteiger partial charge on any atom is 0.311 e. The lowest BCUT2D eigenvalue weighted by molar-refractivity contribution is -0.148. The lowest BCUT2D eigenvalue weighted by atomic mass is 9.84. The zero-order valence-electron chi connectivity index (χ0n) is 11.0. The Morgan fingerprint density at radius 2 is 2.15 bits per heavy atom. The molecule has 0 aliphatic carbocycles. The molecule has 1 unspecified atom stereocenters. The Morgan fingerprint density at radius 1 is 1.45 bits per heavy atom. The SMILES string of the molecule is CCC1(C(=O)O)CCN(C(=O)c2cc(Cl)cc(Br)c2)C1. The third-order valence-corrected chi connectivity index (χ3v) is 4.56. The molecule has 0 aromatic heterocycles. The smallest absolute Gasteiger partial charge is 0.311 e. The predicted octanol–water partition coefficient (Wildman–Crippen LogP) is 3.43. The van der Waals surface area contributed by atoms with Gasteiger partial charge >= 0.3 is 5.97 Å². The van der Waals surface area contributed by atoms with Crippen LogP contribution in [0.3, 0.4) is 0 Å². The van der Waals surface area contributed by atoms with E-state index in [4.69, 9.17) is 11.6 Å². The van der Waals surface area contributed by atoms with E-state index in [2.05, 4.69) is 15.9 Å². The van der Waals surface area contributed by atoms with Gasteiger partial charge in [0, 0.05) is 28.1 Å². The molecular weight excluding hydrogens is 346 g/mol. The number of carbonyl (C=O) groups excluding carboxylic acids is 1. The standard InChI is InChI=1S/C14H15BrClNO3/c1-2-14(13(19)20)3-4-17(8-14)12(18)9-5-10(15)7-11(16)6-9/h5-7H,2-4,8H2,1H3,(H,19,20). The second kappa shape index (κ2) is 5.74. The number of hydrogen-bond acceptors (Lipinski definition) is 2. The second-order valence-electron chi connectivity index (χ2n) is 5.07. The normalized spacial score (nSPS) is 22.1. The van der Waals surface area contributed by atoms with Crippen molar-refractivity contribution in [1.82, 2.24) is 4.90 Å². The summed E-state index contributed by atoms with van der Waals surface area (Å²) < 4.78 is 0.729. The average molecular weight is 361 g/mol. The van der Waals surface area contributed by atoms with Crippen molar-refractivity contribution < 1.29 is 14.7 Å². The molecule has 108 valence electrons. The summed E-state index contributed by atoms with van der Waals surface area (Å²) in [5.41, 5.74) is -0.340. The van der Waals surface area contributed by atoms with Crippen molar-refractivity contribution in [3.8, 4) is 0 Å². The molecule has 0 saturated carbocycles. The summed E-state index contributed by atoms with van der Waals surface area (Å²) in [6, 6.07) is 5.00. The van der Waals surface area contributed by atoms with Crippen LogP contribution in [0.25, 0.3) is 0 Å². The molecule has 1 aromatic rings. The number of hydrogen-bond donors (Lipinski definition) is 1. The average Bonchev–Trinajstić information content (AvgIpc) is 2.82. The molecule has 1 N–H and O–H groups in total. The molecule has 6 heteroatoms. The molecule has 1 fully saturated rings. The summed E-state index contributed by atoms with van der Waals surface area (Å²) in [7, 11) is 0. The van der Waals surface area contributed by atoms with Gasteiger partial charge < -0.3 is 10.0 Å². The highest BCUT2D eigenvalue weighted by molar-refractivity contribution is 9.10. The summed E-state index contributed by atoms with van der Waals surface area (Å²) in [4.78, 5) is 25.4. The molecule has 1 amide bonds. The molecule has 1 aromatic carbocycles. The predicted molar refractivity (Wildman–Crippen MR) is 80.0 cm³/mol. The van der Waals surface area contributed by atoms with Gasteiger partial charge in [0.15, 0.2) is 0 Å². The highest BCUT2D eigenvalue weighted by Crippen LogP contribution is 2.35. The lowest BCUT2D eigenvalue weighted by Gasteiger charge is -2.23. The molecule has 1 aliphatic heterocycles. The van der Waals surface area contributed by atoms with Crippen LogP contribution in [0.5, 0.6) is 0 Å². The van der Waals surface area contributed by atoms with Crippen LogP contribution < -0.4 is 0 Å². The van der Waals surface area contributed by atoms with E-state index >= 15 is 0 Å². The lowest BCUT2D eigenvalue weighted by Crippen LogP contribution is -2.36. The van der Waals surface area contributed by atoms with Crippen LogP contribution in [0.2, 0.25) is 5.02 Å². The highest BCUT2D eigenvalue weighted by Gasteiger charge is 2.44. The summed E-state index contributed by atoms with van der Waals surface area (Å²) >= 11 is 9.24. The van der Waals surface area contributed by atoms with Gasteiger partial charge in [0.1, 0.15) is 0 Å². The molecule has 2 rings (SSSR count). The van der Waals surface area contributed by atoms with E-state index in [1.807, 2.05) is 6.92 Å². The van der Waals surface area contributed by atoms with Gasteiger partial charge in [-0.1, -0.05) is 34.5 Å². The zero-order chi connectivity index (χ0) is 14.9. The fourth-order valence-electron chi connectivity index (χ4n) is 2.52. The topological polar surface area (TPSA) is 57.6 Å². The summed E-state index contributed by atoms with van der Waals surface area (Å²) in [6.45, 7) is 2.56. The van der Waals surface area contributed by atoms with Crippen molar-refractivity contribution >= 4 is 39.4 Å². The minimum absolute atomic E-state index is 0.176. The van der Waals surface area contributed by atoms with Crippen LogP contribution in [0.15, 0.2) is 22.7 Å². The molecule has 20 heavy (non-hydrogen) atoms. The number of amides is 1. The van der Waals surface area contributed by atoms with Gasteiger partial charge in [-0.2, -0.15) is 0 Å². The van der Waals surface area contributed by atoms with Gasteiger partial charge in [-0.15, -0.1) is 0 Å². The van der Waals surface area contributed by atoms with Gasteiger partial charge in [-0.25, -0.2) is 0 Å². The second-order valence-corrected chi connectivity index (χ2v) is 6.43. The number of carboxylic acids is 1. The van der Waals surface area contributed by atoms with E-state index < -0.39 is 11.4 Å². The van der Waals surface area contributed by atoms with Crippen molar-refractivity contribution in [3.05, 3.63) is 33.3 Å². The zero-order valence-corrected chi connectivity index (χ0v) is 13.4. The van der Waals surface area contributed by atoms with Crippen molar-refractivity contribution in [3.63, 3.8) is 0 Å². The molecule has 0 bridgehead atoms. The van der Waals surface area contributed by atoms with Gasteiger partial charge in [-0.05, 0) is 31.0 Å². The number of benzene rings is 1. The number of aliphatic carboxylic acids is 1. The molecule has 4 nitrogen and oxygen atoms in total. The summed E-state index contributed by atoms with van der Waals surface area (Å²) in [5, 5.41) is 9.83. The molecular formula is C14H15BrClNO3. The first kappa shape index (κ1) is 15.3. The molecule has 1 aliphatic rings. The van der Waals surface area contributed by atoms with Gasteiger partial charge in [0.2, 0.25) is 0 Å². The number of carbonyl (C=O) groups is 2. The van der Waals surface area contributed by atoms with Crippen molar-refractivity contribution in [2.24, 2.45) is 5.41 Å². The van der Waals surface area contributed by atoms with Crippen molar-refractivity contribution in [1.29, 1.82) is 0 Å². The molecule has 0 radical (unpaired) electrons.